The molecule has 0 saturated heterocycles. The predicted molar refractivity (Wildman–Crippen MR) is 197 cm³/mol. The van der Waals surface area contributed by atoms with Gasteiger partial charge in [-0.05, 0) is 0 Å². The van der Waals surface area contributed by atoms with Crippen molar-refractivity contribution in [1.82, 2.24) is 0 Å². The quantitative estimate of drug-likeness (QED) is 0.231. The standard InChI is InChI=1S/C25H35N2.C13H10.C5H5.2ClH.Zr/c1-16(2)26(17(3)4)22-12-13-23-21(15-22)14-20-10-9-11-24(25(20)23)27(18(5)6)19(7)8;1-3-7-12(8-4-1)11-13-9-5-2-6-10-13;1-2-4-5-3-1;;;/h9-19H,1-8H3;1-10H;1-3H,4H2;2*1H;/q;;;;;+2/p-2. The molecule has 250 valence electrons. The van der Waals surface area contributed by atoms with Gasteiger partial charge in [0.15, 0.2) is 0 Å². The first-order valence-corrected chi connectivity index (χ1v) is 21.1. The molecule has 0 aromatic heterocycles. The molecule has 0 saturated carbocycles. The number of halogens is 2. The summed E-state index contributed by atoms with van der Waals surface area (Å²) in [6.07, 6.45) is 8.24. The molecule has 0 spiro atoms. The molecule has 48 heavy (non-hydrogen) atoms. The van der Waals surface area contributed by atoms with Crippen LogP contribution < -0.4 is 34.6 Å². The van der Waals surface area contributed by atoms with Crippen LogP contribution in [0.5, 0.6) is 0 Å². The van der Waals surface area contributed by atoms with Crippen molar-refractivity contribution in [3.05, 3.63) is 141 Å². The second kappa shape index (κ2) is 16.3. The summed E-state index contributed by atoms with van der Waals surface area (Å²) in [5, 5.41) is 0. The first-order valence-electron chi connectivity index (χ1n) is 17.2. The zero-order valence-electron chi connectivity index (χ0n) is 29.7. The first kappa shape index (κ1) is 38.1. The molecule has 1 atom stereocenters. The molecule has 4 aromatic rings. The number of hydrogen-bond donors (Lipinski definition) is 0. The van der Waals surface area contributed by atoms with Crippen molar-refractivity contribution in [2.24, 2.45) is 0 Å². The van der Waals surface area contributed by atoms with Gasteiger partial charge in [-0.2, -0.15) is 0 Å². The largest absolute Gasteiger partial charge is 1.00 e. The molecule has 0 heterocycles. The number of hydrogen-bond acceptors (Lipinski definition) is 2. The summed E-state index contributed by atoms with van der Waals surface area (Å²) in [7, 11) is 0. The maximum atomic E-state index is 2.63. The SMILES string of the molecule is CC(C)N(c1ccc2c(c1)[CH]([Zr+2]([C]1=CC=CC1)=[C](c1ccccc1)c1ccccc1)c1cccc(N(C(C)C)C(C)C)c1-2)C(C)C.[Cl-].[Cl-]. The van der Waals surface area contributed by atoms with Gasteiger partial charge in [0.25, 0.3) is 0 Å². The molecular weight excluding hydrogens is 707 g/mol. The first-order chi connectivity index (χ1) is 22.2. The number of fused-ring (bicyclic) bond motifs is 3. The van der Waals surface area contributed by atoms with Gasteiger partial charge in [-0.1, -0.05) is 0 Å². The van der Waals surface area contributed by atoms with Gasteiger partial charge in [-0.25, -0.2) is 0 Å². The molecule has 0 bridgehead atoms. The van der Waals surface area contributed by atoms with Crippen LogP contribution in [0.15, 0.2) is 119 Å². The molecule has 2 nitrogen and oxygen atoms in total. The van der Waals surface area contributed by atoms with Crippen LogP contribution in [0.3, 0.4) is 0 Å². The van der Waals surface area contributed by atoms with Gasteiger partial charge >= 0.3 is 287 Å². The molecule has 6 rings (SSSR count). The Bertz CT molecular complexity index is 1730. The average Bonchev–Trinajstić information content (AvgIpc) is 3.67. The van der Waals surface area contributed by atoms with Crippen LogP contribution in [0.25, 0.3) is 11.1 Å². The van der Waals surface area contributed by atoms with Crippen molar-refractivity contribution in [1.29, 1.82) is 0 Å². The molecule has 1 unspecified atom stereocenters. The van der Waals surface area contributed by atoms with E-state index in [9.17, 15) is 0 Å². The number of allylic oxidation sites excluding steroid dienone is 4. The van der Waals surface area contributed by atoms with E-state index in [1.165, 1.54) is 44.8 Å². The van der Waals surface area contributed by atoms with Gasteiger partial charge in [0.1, 0.15) is 0 Å². The summed E-state index contributed by atoms with van der Waals surface area (Å²) in [6.45, 7) is 18.7. The van der Waals surface area contributed by atoms with E-state index in [2.05, 4.69) is 180 Å². The van der Waals surface area contributed by atoms with E-state index >= 15 is 0 Å². The molecule has 4 aromatic carbocycles. The van der Waals surface area contributed by atoms with Gasteiger partial charge in [0.05, 0.1) is 0 Å². The minimum atomic E-state index is -2.77. The van der Waals surface area contributed by atoms with E-state index in [4.69, 9.17) is 0 Å². The maximum absolute atomic E-state index is 2.77. The molecule has 5 heteroatoms. The summed E-state index contributed by atoms with van der Waals surface area (Å²) >= 11 is -2.77. The molecule has 0 aliphatic heterocycles. The third kappa shape index (κ3) is 7.26. The van der Waals surface area contributed by atoms with Gasteiger partial charge in [-0.3, -0.25) is 0 Å². The summed E-state index contributed by atoms with van der Waals surface area (Å²) < 4.78 is 3.65. The van der Waals surface area contributed by atoms with Crippen LogP contribution in [0.2, 0.25) is 0 Å². The predicted octanol–water partition coefficient (Wildman–Crippen LogP) is 4.74. The van der Waals surface area contributed by atoms with Crippen LogP contribution in [-0.2, 0) is 21.3 Å². The molecular formula is C43H50Cl2N2Zr. The monoisotopic (exact) mass is 754 g/mol. The fraction of sp³-hybridized carbons (Fsp3) is 0.326. The maximum Gasteiger partial charge on any atom is -1.00 e. The van der Waals surface area contributed by atoms with Crippen LogP contribution in [-0.4, -0.2) is 27.4 Å². The van der Waals surface area contributed by atoms with Crippen molar-refractivity contribution < 1.29 is 46.1 Å². The Morgan fingerprint density at radius 3 is 1.69 bits per heavy atom. The Morgan fingerprint density at radius 2 is 1.19 bits per heavy atom. The van der Waals surface area contributed by atoms with Crippen molar-refractivity contribution >= 4 is 14.6 Å². The Kier molecular flexibility index (Phi) is 13.0. The summed E-state index contributed by atoms with van der Waals surface area (Å²) in [5.74, 6) is 0. The zero-order chi connectivity index (χ0) is 32.5. The summed E-state index contributed by atoms with van der Waals surface area (Å²) in [4.78, 5) is 5.22. The second-order valence-electron chi connectivity index (χ2n) is 14.0. The summed E-state index contributed by atoms with van der Waals surface area (Å²) in [6, 6.07) is 38.9. The van der Waals surface area contributed by atoms with E-state index in [-0.39, 0.29) is 24.8 Å². The van der Waals surface area contributed by atoms with Crippen molar-refractivity contribution in [2.45, 2.75) is 89.6 Å². The zero-order valence-corrected chi connectivity index (χ0v) is 33.7. The normalized spacial score (nSPS) is 14.2. The van der Waals surface area contributed by atoms with Gasteiger partial charge in [0.2, 0.25) is 0 Å². The fourth-order valence-corrected chi connectivity index (χ4v) is 17.1. The van der Waals surface area contributed by atoms with Crippen LogP contribution >= 0.6 is 0 Å². The minimum absolute atomic E-state index is 0. The van der Waals surface area contributed by atoms with Crippen molar-refractivity contribution in [2.75, 3.05) is 9.80 Å². The molecule has 2 aliphatic rings. The van der Waals surface area contributed by atoms with E-state index in [0.29, 0.717) is 27.8 Å². The Hall–Kier alpha value is -2.71. The van der Waals surface area contributed by atoms with E-state index in [1.807, 2.05) is 0 Å². The Morgan fingerprint density at radius 1 is 0.625 bits per heavy atom. The van der Waals surface area contributed by atoms with Gasteiger partial charge < -0.3 is 24.8 Å². The average molecular weight is 757 g/mol. The van der Waals surface area contributed by atoms with Gasteiger partial charge in [-0.15, -0.1) is 0 Å². The van der Waals surface area contributed by atoms with Crippen LogP contribution in [0.1, 0.15) is 87.7 Å². The van der Waals surface area contributed by atoms with Crippen LogP contribution in [0.4, 0.5) is 11.4 Å². The number of rotatable bonds is 10. The molecule has 0 radical (unpaired) electrons. The number of anilines is 2. The topological polar surface area (TPSA) is 6.48 Å². The summed E-state index contributed by atoms with van der Waals surface area (Å²) in [5.41, 5.74) is 11.4. The Labute approximate surface area is 309 Å². The van der Waals surface area contributed by atoms with Crippen molar-refractivity contribution in [3.8, 4) is 11.1 Å². The third-order valence-corrected chi connectivity index (χ3v) is 17.9. The van der Waals surface area contributed by atoms with Crippen LogP contribution in [0, 0.1) is 0 Å². The molecule has 0 N–H and O–H groups in total. The van der Waals surface area contributed by atoms with E-state index < -0.39 is 21.3 Å². The second-order valence-corrected chi connectivity index (χ2v) is 20.2. The third-order valence-electron chi connectivity index (χ3n) is 9.60. The van der Waals surface area contributed by atoms with E-state index in [1.54, 1.807) is 6.49 Å². The Balaban J connectivity index is 0.00000260. The van der Waals surface area contributed by atoms with E-state index in [0.717, 1.165) is 6.42 Å². The molecule has 0 amide bonds. The smallest absolute Gasteiger partial charge is 1.00 e. The van der Waals surface area contributed by atoms with Crippen molar-refractivity contribution in [3.63, 3.8) is 0 Å². The number of nitrogens with zero attached hydrogens (tertiary/aromatic N) is 2. The fourth-order valence-electron chi connectivity index (χ4n) is 8.13. The number of benzene rings is 4. The van der Waals surface area contributed by atoms with Gasteiger partial charge in [0, 0.05) is 0 Å². The minimum Gasteiger partial charge on any atom is -1.00 e. The molecule has 0 fully saturated rings. The molecule has 2 aliphatic carbocycles.